The van der Waals surface area contributed by atoms with Crippen LogP contribution in [0.25, 0.3) is 10.9 Å². The molecule has 1 heterocycles. The maximum absolute atomic E-state index is 13.8. The lowest BCUT2D eigenvalue weighted by molar-refractivity contribution is 0.102. The van der Waals surface area contributed by atoms with E-state index >= 15 is 0 Å². The summed E-state index contributed by atoms with van der Waals surface area (Å²) in [6.07, 6.45) is -0.768. The first-order valence-electron chi connectivity index (χ1n) is 13.5. The van der Waals surface area contributed by atoms with Crippen LogP contribution in [0.4, 0.5) is 25.1 Å². The number of ether oxygens (including phenoxy) is 1. The van der Waals surface area contributed by atoms with Gasteiger partial charge in [-0.1, -0.05) is 6.07 Å². The second-order valence-corrected chi connectivity index (χ2v) is 12.6. The number of carbonyl (C=O) groups is 2. The summed E-state index contributed by atoms with van der Waals surface area (Å²) in [6, 6.07) is 10.6. The molecule has 1 aromatic heterocycles. The molecule has 1 amide bonds. The molecule has 0 spiro atoms. The van der Waals surface area contributed by atoms with E-state index in [4.69, 9.17) is 4.74 Å². The second-order valence-electron chi connectivity index (χ2n) is 10.7. The van der Waals surface area contributed by atoms with Crippen LogP contribution in [0.15, 0.2) is 64.4 Å². The maximum atomic E-state index is 13.8. The number of nitrogens with one attached hydrogen (secondary N) is 2. The predicted molar refractivity (Wildman–Crippen MR) is 161 cm³/mol. The molecule has 0 aliphatic carbocycles. The molecule has 0 saturated carbocycles. The minimum absolute atomic E-state index is 0.0163. The summed E-state index contributed by atoms with van der Waals surface area (Å²) in [5.41, 5.74) is 1.69. The van der Waals surface area contributed by atoms with E-state index in [1.165, 1.54) is 6.07 Å². The molecule has 0 aliphatic rings. The Bertz CT molecular complexity index is 1810. The molecular weight excluding hydrogens is 596 g/mol. The zero-order chi connectivity index (χ0) is 32.3. The van der Waals surface area contributed by atoms with E-state index in [2.05, 4.69) is 27.6 Å². The van der Waals surface area contributed by atoms with Crippen LogP contribution in [0, 0.1) is 11.6 Å². The minimum atomic E-state index is -4.43. The molecule has 4 rings (SSSR count). The largest absolute Gasteiger partial charge is 0.463 e. The summed E-state index contributed by atoms with van der Waals surface area (Å²) < 4.78 is 59.9. The molecule has 3 N–H and O–H groups in total. The predicted octanol–water partition coefficient (Wildman–Crippen LogP) is 4.87. The fraction of sp³-hybridized carbons (Fsp3) is 0.300. The number of methoxy groups -OCH3 is 1. The number of likely N-dealkylation sites (N-methyl/N-ethyl adjacent to an activating group) is 1. The first-order valence-corrected chi connectivity index (χ1v) is 15.0. The number of carbonyl (C=O) groups excluding carboxylic acids is 1. The lowest BCUT2D eigenvalue weighted by Gasteiger charge is -2.22. The zero-order valence-electron chi connectivity index (χ0n) is 24.8. The standard InChI is InChI=1S/C30H33F2N5O6S/c1-17(16-43-5)33-26-11-19(10-18(2)36(3)4)6-8-24(26)29(38)34-28-25-15-22(7-9-27(25)37(35-28)30(39)40)44(41,42)23-13-20(31)12-21(32)14-23/h6-9,11-15,17-18,33H,10,16H2,1-5H3,(H,39,40)(H,34,35,38)/t17?,18-/m1/s1. The minimum Gasteiger partial charge on any atom is -0.463 e. The number of hydrogen-bond acceptors (Lipinski definition) is 8. The van der Waals surface area contributed by atoms with Gasteiger partial charge in [0.25, 0.3) is 5.91 Å². The number of benzene rings is 3. The molecule has 3 aromatic carbocycles. The lowest BCUT2D eigenvalue weighted by atomic mass is 10.0. The van der Waals surface area contributed by atoms with Crippen LogP contribution < -0.4 is 10.6 Å². The highest BCUT2D eigenvalue weighted by Gasteiger charge is 2.25. The van der Waals surface area contributed by atoms with Gasteiger partial charge in [-0.15, -0.1) is 5.10 Å². The summed E-state index contributed by atoms with van der Waals surface area (Å²) in [6.45, 7) is 4.32. The SMILES string of the molecule is COCC(C)Nc1cc(C[C@@H](C)N(C)C)ccc1C(=O)Nc1nn(C(=O)O)c2ccc(S(=O)(=O)c3cc(F)cc(F)c3)cc12. The number of aromatic nitrogens is 2. The van der Waals surface area contributed by atoms with Crippen molar-refractivity contribution in [2.45, 2.75) is 42.1 Å². The molecule has 11 nitrogen and oxygen atoms in total. The Balaban J connectivity index is 1.76. The Hall–Kier alpha value is -4.40. The maximum Gasteiger partial charge on any atom is 0.432 e. The van der Waals surface area contributed by atoms with Crippen LogP contribution in [0.1, 0.15) is 29.8 Å². The van der Waals surface area contributed by atoms with Gasteiger partial charge in [-0.05, 0) is 82.4 Å². The summed E-state index contributed by atoms with van der Waals surface area (Å²) in [5, 5.41) is 19.6. The van der Waals surface area contributed by atoms with Gasteiger partial charge in [0.15, 0.2) is 5.82 Å². The highest BCUT2D eigenvalue weighted by atomic mass is 32.2. The molecule has 14 heteroatoms. The smallest absolute Gasteiger partial charge is 0.432 e. The van der Waals surface area contributed by atoms with Gasteiger partial charge in [0.05, 0.1) is 27.5 Å². The zero-order valence-corrected chi connectivity index (χ0v) is 25.6. The quantitative estimate of drug-likeness (QED) is 0.212. The van der Waals surface area contributed by atoms with Gasteiger partial charge in [0.1, 0.15) is 11.6 Å². The number of rotatable bonds is 11. The van der Waals surface area contributed by atoms with Crippen LogP contribution in [0.3, 0.4) is 0 Å². The van der Waals surface area contributed by atoms with E-state index in [-0.39, 0.29) is 39.3 Å². The summed E-state index contributed by atoms with van der Waals surface area (Å²) in [5.74, 6) is -3.02. The van der Waals surface area contributed by atoms with Crippen molar-refractivity contribution >= 4 is 44.2 Å². The molecule has 0 saturated heterocycles. The van der Waals surface area contributed by atoms with E-state index in [0.717, 1.165) is 17.7 Å². The highest BCUT2D eigenvalue weighted by molar-refractivity contribution is 7.91. The Morgan fingerprint density at radius 1 is 1.02 bits per heavy atom. The molecule has 2 atom stereocenters. The van der Waals surface area contributed by atoms with Crippen molar-refractivity contribution in [2.24, 2.45) is 0 Å². The third-order valence-electron chi connectivity index (χ3n) is 7.08. The van der Waals surface area contributed by atoms with E-state index in [1.807, 2.05) is 33.2 Å². The second kappa shape index (κ2) is 13.1. The van der Waals surface area contributed by atoms with Crippen molar-refractivity contribution in [3.63, 3.8) is 0 Å². The van der Waals surface area contributed by atoms with Gasteiger partial charge < -0.3 is 25.4 Å². The Morgan fingerprint density at radius 2 is 1.70 bits per heavy atom. The number of fused-ring (bicyclic) bond motifs is 1. The fourth-order valence-corrected chi connectivity index (χ4v) is 5.94. The van der Waals surface area contributed by atoms with Crippen molar-refractivity contribution in [3.8, 4) is 0 Å². The monoisotopic (exact) mass is 629 g/mol. The van der Waals surface area contributed by atoms with E-state index in [0.29, 0.717) is 41.6 Å². The summed E-state index contributed by atoms with van der Waals surface area (Å²) >= 11 is 0. The van der Waals surface area contributed by atoms with Crippen molar-refractivity contribution < 1.29 is 36.6 Å². The highest BCUT2D eigenvalue weighted by Crippen LogP contribution is 2.31. The molecular formula is C30H33F2N5O6S. The van der Waals surface area contributed by atoms with Crippen molar-refractivity contribution in [1.82, 2.24) is 14.7 Å². The number of halogens is 2. The molecule has 0 radical (unpaired) electrons. The Morgan fingerprint density at radius 3 is 2.32 bits per heavy atom. The average molecular weight is 630 g/mol. The molecule has 0 fully saturated rings. The molecule has 0 aliphatic heterocycles. The topological polar surface area (TPSA) is 143 Å². The number of carboxylic acid groups (broad SMARTS) is 1. The molecule has 4 aromatic rings. The summed E-state index contributed by atoms with van der Waals surface area (Å²) in [4.78, 5) is 26.6. The van der Waals surface area contributed by atoms with Gasteiger partial charge in [-0.3, -0.25) is 4.79 Å². The van der Waals surface area contributed by atoms with Crippen molar-refractivity contribution in [2.75, 3.05) is 38.4 Å². The van der Waals surface area contributed by atoms with Crippen LogP contribution in [-0.2, 0) is 21.0 Å². The van der Waals surface area contributed by atoms with Gasteiger partial charge in [-0.25, -0.2) is 22.0 Å². The number of sulfone groups is 1. The molecule has 0 bridgehead atoms. The molecule has 1 unspecified atom stereocenters. The van der Waals surface area contributed by atoms with Gasteiger partial charge >= 0.3 is 6.09 Å². The van der Waals surface area contributed by atoms with Crippen LogP contribution in [0.2, 0.25) is 0 Å². The van der Waals surface area contributed by atoms with Crippen molar-refractivity contribution in [3.05, 3.63) is 77.4 Å². The average Bonchev–Trinajstić information content (AvgIpc) is 3.30. The fourth-order valence-electron chi connectivity index (χ4n) is 4.61. The van der Waals surface area contributed by atoms with Crippen LogP contribution >= 0.6 is 0 Å². The lowest BCUT2D eigenvalue weighted by Crippen LogP contribution is -2.27. The van der Waals surface area contributed by atoms with E-state index in [1.54, 1.807) is 13.2 Å². The summed E-state index contributed by atoms with van der Waals surface area (Å²) in [7, 11) is 1.07. The number of nitrogens with zero attached hydrogens (tertiary/aromatic N) is 3. The van der Waals surface area contributed by atoms with Crippen molar-refractivity contribution in [1.29, 1.82) is 0 Å². The third kappa shape index (κ3) is 7.04. The normalized spacial score (nSPS) is 13.2. The van der Waals surface area contributed by atoms with E-state index < -0.39 is 38.4 Å². The molecule has 44 heavy (non-hydrogen) atoms. The first kappa shape index (κ1) is 32.5. The number of anilines is 2. The number of hydrogen-bond donors (Lipinski definition) is 3. The van der Waals surface area contributed by atoms with Gasteiger partial charge in [0, 0.05) is 36.3 Å². The number of amides is 1. The first-order chi connectivity index (χ1) is 20.7. The van der Waals surface area contributed by atoms with Gasteiger partial charge in [0.2, 0.25) is 9.84 Å². The Kier molecular flexibility index (Phi) is 9.66. The van der Waals surface area contributed by atoms with Crippen LogP contribution in [0.5, 0.6) is 0 Å². The Labute approximate surface area is 253 Å². The van der Waals surface area contributed by atoms with Crippen LogP contribution in [-0.4, -0.2) is 80.1 Å². The molecule has 234 valence electrons. The van der Waals surface area contributed by atoms with E-state index in [9.17, 15) is 31.9 Å². The van der Waals surface area contributed by atoms with Gasteiger partial charge in [-0.2, -0.15) is 4.68 Å². The third-order valence-corrected chi connectivity index (χ3v) is 8.81.